The molecule has 29 heavy (non-hydrogen) atoms. The van der Waals surface area contributed by atoms with Gasteiger partial charge >= 0.3 is 0 Å². The van der Waals surface area contributed by atoms with Crippen LogP contribution in [0.1, 0.15) is 37.9 Å². The van der Waals surface area contributed by atoms with Gasteiger partial charge in [-0.15, -0.1) is 24.0 Å². The SMILES string of the molecule is CCNC(=NCC(OC)c1cccc(Cl)c1)NCCCOCC1CCOCC1.I. The number of aliphatic imine (C=N–C) groups is 1. The van der Waals surface area contributed by atoms with Crippen LogP contribution in [-0.4, -0.2) is 59.1 Å². The van der Waals surface area contributed by atoms with Gasteiger partial charge in [0.25, 0.3) is 0 Å². The first-order valence-electron chi connectivity index (χ1n) is 10.2. The smallest absolute Gasteiger partial charge is 0.191 e. The molecule has 1 aliphatic heterocycles. The van der Waals surface area contributed by atoms with Crippen molar-refractivity contribution in [1.82, 2.24) is 10.6 Å². The van der Waals surface area contributed by atoms with E-state index in [-0.39, 0.29) is 30.1 Å². The van der Waals surface area contributed by atoms with Crippen LogP contribution in [0, 0.1) is 5.92 Å². The Morgan fingerprint density at radius 1 is 1.31 bits per heavy atom. The van der Waals surface area contributed by atoms with Gasteiger partial charge in [-0.2, -0.15) is 0 Å². The van der Waals surface area contributed by atoms with Gasteiger partial charge in [-0.3, -0.25) is 4.99 Å². The number of benzene rings is 1. The third kappa shape index (κ3) is 10.8. The van der Waals surface area contributed by atoms with E-state index in [0.717, 1.165) is 70.3 Å². The lowest BCUT2D eigenvalue weighted by Gasteiger charge is -2.21. The van der Waals surface area contributed by atoms with Gasteiger partial charge in [0.1, 0.15) is 6.10 Å². The van der Waals surface area contributed by atoms with Crippen LogP contribution in [0.2, 0.25) is 5.02 Å². The summed E-state index contributed by atoms with van der Waals surface area (Å²) < 4.78 is 16.8. The Morgan fingerprint density at radius 3 is 2.79 bits per heavy atom. The van der Waals surface area contributed by atoms with Gasteiger partial charge < -0.3 is 24.8 Å². The fraction of sp³-hybridized carbons (Fsp3) is 0.667. The molecule has 0 bridgehead atoms. The second-order valence-corrected chi connectivity index (χ2v) is 7.35. The molecular formula is C21H35ClIN3O3. The minimum absolute atomic E-state index is 0. The highest BCUT2D eigenvalue weighted by Gasteiger charge is 2.13. The number of methoxy groups -OCH3 is 1. The maximum atomic E-state index is 6.08. The molecule has 0 aromatic heterocycles. The average Bonchev–Trinajstić information content (AvgIpc) is 2.71. The van der Waals surface area contributed by atoms with Crippen molar-refractivity contribution in [2.24, 2.45) is 10.9 Å². The second-order valence-electron chi connectivity index (χ2n) is 6.91. The molecule has 0 amide bonds. The Bertz CT molecular complexity index is 586. The molecule has 1 atom stereocenters. The minimum atomic E-state index is -0.128. The zero-order chi connectivity index (χ0) is 20.0. The van der Waals surface area contributed by atoms with Gasteiger partial charge in [0.15, 0.2) is 5.96 Å². The molecule has 0 radical (unpaired) electrons. The van der Waals surface area contributed by atoms with Crippen molar-refractivity contribution in [3.63, 3.8) is 0 Å². The van der Waals surface area contributed by atoms with E-state index in [2.05, 4.69) is 22.5 Å². The fourth-order valence-electron chi connectivity index (χ4n) is 3.08. The Morgan fingerprint density at radius 2 is 2.10 bits per heavy atom. The van der Waals surface area contributed by atoms with Crippen molar-refractivity contribution in [3.05, 3.63) is 34.9 Å². The summed E-state index contributed by atoms with van der Waals surface area (Å²) in [5, 5.41) is 7.33. The number of hydrogen-bond donors (Lipinski definition) is 2. The van der Waals surface area contributed by atoms with Crippen LogP contribution in [0.15, 0.2) is 29.3 Å². The molecule has 1 saturated heterocycles. The molecule has 1 unspecified atom stereocenters. The van der Waals surface area contributed by atoms with Crippen molar-refractivity contribution in [2.45, 2.75) is 32.3 Å². The van der Waals surface area contributed by atoms with E-state index >= 15 is 0 Å². The van der Waals surface area contributed by atoms with Crippen LogP contribution in [-0.2, 0) is 14.2 Å². The van der Waals surface area contributed by atoms with Crippen molar-refractivity contribution in [1.29, 1.82) is 0 Å². The second kappa shape index (κ2) is 16.1. The molecule has 1 aromatic carbocycles. The summed E-state index contributed by atoms with van der Waals surface area (Å²) in [7, 11) is 1.69. The average molecular weight is 540 g/mol. The van der Waals surface area contributed by atoms with Crippen LogP contribution in [0.3, 0.4) is 0 Å². The summed E-state index contributed by atoms with van der Waals surface area (Å²) in [6.45, 7) is 7.53. The van der Waals surface area contributed by atoms with Gasteiger partial charge in [0.05, 0.1) is 6.54 Å². The van der Waals surface area contributed by atoms with E-state index in [1.807, 2.05) is 24.3 Å². The van der Waals surface area contributed by atoms with Crippen molar-refractivity contribution in [3.8, 4) is 0 Å². The van der Waals surface area contributed by atoms with Gasteiger partial charge in [0, 0.05) is 51.6 Å². The Kier molecular flexibility index (Phi) is 14.7. The number of hydrogen-bond acceptors (Lipinski definition) is 4. The van der Waals surface area contributed by atoms with E-state index in [9.17, 15) is 0 Å². The van der Waals surface area contributed by atoms with Gasteiger partial charge in [-0.05, 0) is 49.8 Å². The Hall–Kier alpha value is -0.610. The summed E-state index contributed by atoms with van der Waals surface area (Å²) in [5.41, 5.74) is 1.02. The van der Waals surface area contributed by atoms with Crippen LogP contribution >= 0.6 is 35.6 Å². The van der Waals surface area contributed by atoms with Crippen LogP contribution in [0.4, 0.5) is 0 Å². The van der Waals surface area contributed by atoms with Gasteiger partial charge in [0.2, 0.25) is 0 Å². The summed E-state index contributed by atoms with van der Waals surface area (Å²) in [5.74, 6) is 1.44. The molecule has 2 rings (SSSR count). The Labute approximate surface area is 197 Å². The van der Waals surface area contributed by atoms with E-state index in [1.54, 1.807) is 7.11 Å². The molecule has 6 nitrogen and oxygen atoms in total. The van der Waals surface area contributed by atoms with Crippen LogP contribution in [0.25, 0.3) is 0 Å². The largest absolute Gasteiger partial charge is 0.381 e. The molecule has 1 fully saturated rings. The highest BCUT2D eigenvalue weighted by atomic mass is 127. The number of halogens is 2. The molecule has 0 saturated carbocycles. The molecule has 1 aliphatic rings. The van der Waals surface area contributed by atoms with Crippen molar-refractivity contribution < 1.29 is 14.2 Å². The number of ether oxygens (including phenoxy) is 3. The minimum Gasteiger partial charge on any atom is -0.381 e. The zero-order valence-corrected chi connectivity index (χ0v) is 20.6. The standard InChI is InChI=1S/C21H34ClN3O3.HI/c1-3-23-21(24-10-5-11-28-16-17-8-12-27-13-9-17)25-15-20(26-2)18-6-4-7-19(22)14-18;/h4,6-7,14,17,20H,3,5,8-13,15-16H2,1-2H3,(H2,23,24,25);1H. The number of guanidine groups is 1. The van der Waals surface area contributed by atoms with Crippen molar-refractivity contribution >= 4 is 41.5 Å². The summed E-state index contributed by atoms with van der Waals surface area (Å²) >= 11 is 6.08. The molecule has 0 spiro atoms. The zero-order valence-electron chi connectivity index (χ0n) is 17.5. The summed E-state index contributed by atoms with van der Waals surface area (Å²) in [6, 6.07) is 7.71. The van der Waals surface area contributed by atoms with E-state index < -0.39 is 0 Å². The highest BCUT2D eigenvalue weighted by molar-refractivity contribution is 14.0. The van der Waals surface area contributed by atoms with E-state index in [1.165, 1.54) is 0 Å². The summed E-state index contributed by atoms with van der Waals surface area (Å²) in [6.07, 6.45) is 3.04. The molecular weight excluding hydrogens is 505 g/mol. The van der Waals surface area contributed by atoms with Crippen LogP contribution in [0.5, 0.6) is 0 Å². The fourth-order valence-corrected chi connectivity index (χ4v) is 3.28. The maximum Gasteiger partial charge on any atom is 0.191 e. The van der Waals surface area contributed by atoms with E-state index in [4.69, 9.17) is 25.8 Å². The van der Waals surface area contributed by atoms with Gasteiger partial charge in [-0.1, -0.05) is 23.7 Å². The number of nitrogens with one attached hydrogen (secondary N) is 2. The molecule has 1 aromatic rings. The normalized spacial score (nSPS) is 16.2. The molecule has 1 heterocycles. The predicted octanol–water partition coefficient (Wildman–Crippen LogP) is 4.03. The first-order valence-corrected chi connectivity index (χ1v) is 10.6. The first-order chi connectivity index (χ1) is 13.7. The maximum absolute atomic E-state index is 6.08. The lowest BCUT2D eigenvalue weighted by atomic mass is 10.0. The van der Waals surface area contributed by atoms with E-state index in [0.29, 0.717) is 17.5 Å². The van der Waals surface area contributed by atoms with Crippen molar-refractivity contribution in [2.75, 3.05) is 53.2 Å². The lowest BCUT2D eigenvalue weighted by molar-refractivity contribution is 0.0203. The summed E-state index contributed by atoms with van der Waals surface area (Å²) in [4.78, 5) is 4.65. The highest BCUT2D eigenvalue weighted by Crippen LogP contribution is 2.20. The molecule has 8 heteroatoms. The monoisotopic (exact) mass is 539 g/mol. The quantitative estimate of drug-likeness (QED) is 0.192. The molecule has 166 valence electrons. The predicted molar refractivity (Wildman–Crippen MR) is 130 cm³/mol. The topological polar surface area (TPSA) is 64.1 Å². The third-order valence-electron chi connectivity index (χ3n) is 4.72. The first kappa shape index (κ1) is 26.4. The van der Waals surface area contributed by atoms with Crippen LogP contribution < -0.4 is 10.6 Å². The number of nitrogens with zero attached hydrogens (tertiary/aromatic N) is 1. The van der Waals surface area contributed by atoms with Gasteiger partial charge in [-0.25, -0.2) is 0 Å². The number of rotatable bonds is 11. The Balaban J connectivity index is 0.00000420. The third-order valence-corrected chi connectivity index (χ3v) is 4.95. The molecule has 2 N–H and O–H groups in total. The lowest BCUT2D eigenvalue weighted by Crippen LogP contribution is -2.38. The molecule has 0 aliphatic carbocycles.